The fourth-order valence-corrected chi connectivity index (χ4v) is 2.97. The summed E-state index contributed by atoms with van der Waals surface area (Å²) in [6, 6.07) is 8.72. The molecule has 18 heavy (non-hydrogen) atoms. The van der Waals surface area contributed by atoms with Gasteiger partial charge in [-0.05, 0) is 12.3 Å². The molecule has 1 atom stereocenters. The maximum atomic E-state index is 11.8. The normalized spacial score (nSPS) is 13.6. The van der Waals surface area contributed by atoms with Crippen LogP contribution in [0.25, 0.3) is 0 Å². The van der Waals surface area contributed by atoms with Crippen LogP contribution in [0.2, 0.25) is 0 Å². The number of rotatable bonds is 6. The molecule has 1 rings (SSSR count). The second kappa shape index (κ2) is 6.11. The van der Waals surface area contributed by atoms with E-state index in [9.17, 15) is 13.2 Å². The topological polar surface area (TPSA) is 71.4 Å². The second-order valence-electron chi connectivity index (χ2n) is 4.63. The first kappa shape index (κ1) is 14.9. The lowest BCUT2D eigenvalue weighted by molar-refractivity contribution is 0.0978. The van der Waals surface area contributed by atoms with Gasteiger partial charge in [0.15, 0.2) is 5.78 Å². The van der Waals surface area contributed by atoms with Crippen molar-refractivity contribution in [2.45, 2.75) is 31.9 Å². The molecule has 1 unspecified atom stereocenters. The van der Waals surface area contributed by atoms with Crippen molar-refractivity contribution in [3.05, 3.63) is 35.9 Å². The summed E-state index contributed by atoms with van der Waals surface area (Å²) in [5.74, 6) is -0.325. The first-order valence-corrected chi connectivity index (χ1v) is 7.37. The van der Waals surface area contributed by atoms with Gasteiger partial charge in [0.25, 0.3) is 10.1 Å². The summed E-state index contributed by atoms with van der Waals surface area (Å²) >= 11 is 0. The smallest absolute Gasteiger partial charge is 0.268 e. The number of hydrogen-bond acceptors (Lipinski definition) is 3. The Labute approximate surface area is 108 Å². The van der Waals surface area contributed by atoms with Crippen molar-refractivity contribution in [2.24, 2.45) is 5.92 Å². The molecule has 0 amide bonds. The van der Waals surface area contributed by atoms with E-state index in [0.717, 1.165) is 0 Å². The van der Waals surface area contributed by atoms with Crippen LogP contribution in [0.4, 0.5) is 0 Å². The van der Waals surface area contributed by atoms with Gasteiger partial charge >= 0.3 is 0 Å². The molecule has 0 saturated heterocycles. The molecule has 1 aromatic rings. The van der Waals surface area contributed by atoms with Crippen molar-refractivity contribution in [1.82, 2.24) is 0 Å². The predicted molar refractivity (Wildman–Crippen MR) is 70.2 cm³/mol. The van der Waals surface area contributed by atoms with Crippen LogP contribution in [0.3, 0.4) is 0 Å². The first-order valence-electron chi connectivity index (χ1n) is 5.87. The molecule has 0 bridgehead atoms. The Balaban J connectivity index is 2.67. The van der Waals surface area contributed by atoms with Gasteiger partial charge < -0.3 is 0 Å². The van der Waals surface area contributed by atoms with Gasteiger partial charge in [0, 0.05) is 12.0 Å². The molecule has 4 nitrogen and oxygen atoms in total. The highest BCUT2D eigenvalue weighted by Crippen LogP contribution is 2.18. The van der Waals surface area contributed by atoms with E-state index in [0.29, 0.717) is 5.56 Å². The summed E-state index contributed by atoms with van der Waals surface area (Å²) in [7, 11) is -4.09. The number of benzene rings is 1. The Bertz CT molecular complexity index is 491. The van der Waals surface area contributed by atoms with Gasteiger partial charge in [0.2, 0.25) is 0 Å². The molecule has 0 aromatic heterocycles. The molecule has 1 N–H and O–H groups in total. The number of carbonyl (C=O) groups excluding carboxylic acids is 1. The molecule has 0 aliphatic rings. The minimum Gasteiger partial charge on any atom is -0.294 e. The monoisotopic (exact) mass is 270 g/mol. The van der Waals surface area contributed by atoms with E-state index in [4.69, 9.17) is 4.55 Å². The predicted octanol–water partition coefficient (Wildman–Crippen LogP) is 2.56. The molecule has 1 aromatic carbocycles. The zero-order chi connectivity index (χ0) is 13.8. The zero-order valence-electron chi connectivity index (χ0n) is 10.5. The Morgan fingerprint density at radius 1 is 1.22 bits per heavy atom. The summed E-state index contributed by atoms with van der Waals surface area (Å²) in [6.45, 7) is 3.43. The standard InChI is InChI=1S/C13H18O4S/c1-10(2)13(18(15,16)17)9-8-12(14)11-6-4-3-5-7-11/h3-7,10,13H,8-9H2,1-2H3,(H,15,16,17). The minimum absolute atomic E-state index is 0.107. The summed E-state index contributed by atoms with van der Waals surface area (Å²) in [5, 5.41) is -0.884. The number of ketones is 1. The van der Waals surface area contributed by atoms with Crippen molar-refractivity contribution in [3.63, 3.8) is 0 Å². The van der Waals surface area contributed by atoms with Gasteiger partial charge in [0.1, 0.15) is 0 Å². The van der Waals surface area contributed by atoms with Gasteiger partial charge in [-0.15, -0.1) is 0 Å². The summed E-state index contributed by atoms with van der Waals surface area (Å²) in [6.07, 6.45) is 0.261. The summed E-state index contributed by atoms with van der Waals surface area (Å²) in [5.41, 5.74) is 0.565. The van der Waals surface area contributed by atoms with E-state index >= 15 is 0 Å². The van der Waals surface area contributed by atoms with Crippen LogP contribution >= 0.6 is 0 Å². The molecular formula is C13H18O4S. The molecule has 0 radical (unpaired) electrons. The molecule has 0 aliphatic carbocycles. The van der Waals surface area contributed by atoms with Crippen LogP contribution in [0, 0.1) is 5.92 Å². The van der Waals surface area contributed by atoms with Crippen molar-refractivity contribution in [1.29, 1.82) is 0 Å². The number of Topliss-reactive ketones (excluding diaryl/α,β-unsaturated/α-hetero) is 1. The van der Waals surface area contributed by atoms with E-state index in [-0.39, 0.29) is 24.5 Å². The van der Waals surface area contributed by atoms with Crippen LogP contribution in [-0.2, 0) is 10.1 Å². The van der Waals surface area contributed by atoms with E-state index in [1.54, 1.807) is 38.1 Å². The molecule has 0 heterocycles. The van der Waals surface area contributed by atoms with Crippen LogP contribution in [0.5, 0.6) is 0 Å². The van der Waals surface area contributed by atoms with E-state index in [1.165, 1.54) is 0 Å². The van der Waals surface area contributed by atoms with Crippen LogP contribution < -0.4 is 0 Å². The Kier molecular flexibility index (Phi) is 5.04. The highest BCUT2D eigenvalue weighted by Gasteiger charge is 2.27. The first-order chi connectivity index (χ1) is 8.32. The van der Waals surface area contributed by atoms with Crippen molar-refractivity contribution in [2.75, 3.05) is 0 Å². The molecule has 0 saturated carbocycles. The Morgan fingerprint density at radius 2 is 1.78 bits per heavy atom. The highest BCUT2D eigenvalue weighted by atomic mass is 32.2. The largest absolute Gasteiger partial charge is 0.294 e. The third-order valence-corrected chi connectivity index (χ3v) is 4.42. The second-order valence-corrected chi connectivity index (χ2v) is 6.26. The molecule has 100 valence electrons. The minimum atomic E-state index is -4.09. The maximum absolute atomic E-state index is 11.8. The third-order valence-electron chi connectivity index (χ3n) is 2.88. The molecule has 5 heteroatoms. The number of hydrogen-bond donors (Lipinski definition) is 1. The lowest BCUT2D eigenvalue weighted by Gasteiger charge is -2.16. The van der Waals surface area contributed by atoms with Crippen LogP contribution in [0.15, 0.2) is 30.3 Å². The van der Waals surface area contributed by atoms with Crippen molar-refractivity contribution >= 4 is 15.9 Å². The molecular weight excluding hydrogens is 252 g/mol. The average molecular weight is 270 g/mol. The fraction of sp³-hybridized carbons (Fsp3) is 0.462. The van der Waals surface area contributed by atoms with Crippen molar-refractivity contribution < 1.29 is 17.8 Å². The quantitative estimate of drug-likeness (QED) is 0.637. The lowest BCUT2D eigenvalue weighted by atomic mass is 10.0. The van der Waals surface area contributed by atoms with Gasteiger partial charge in [-0.1, -0.05) is 44.2 Å². The van der Waals surface area contributed by atoms with Gasteiger partial charge in [-0.25, -0.2) is 0 Å². The van der Waals surface area contributed by atoms with Gasteiger partial charge in [0.05, 0.1) is 5.25 Å². The van der Waals surface area contributed by atoms with Crippen LogP contribution in [0.1, 0.15) is 37.0 Å². The lowest BCUT2D eigenvalue weighted by Crippen LogP contribution is -2.27. The molecule has 0 spiro atoms. The Hall–Kier alpha value is -1.20. The van der Waals surface area contributed by atoms with Crippen molar-refractivity contribution in [3.8, 4) is 0 Å². The Morgan fingerprint density at radius 3 is 2.22 bits per heavy atom. The van der Waals surface area contributed by atoms with Gasteiger partial charge in [-0.3, -0.25) is 9.35 Å². The average Bonchev–Trinajstić information content (AvgIpc) is 2.28. The summed E-state index contributed by atoms with van der Waals surface area (Å²) in [4.78, 5) is 11.8. The SMILES string of the molecule is CC(C)C(CCC(=O)c1ccccc1)S(=O)(=O)O. The molecule has 0 aliphatic heterocycles. The number of carbonyl (C=O) groups is 1. The fourth-order valence-electron chi connectivity index (χ4n) is 1.87. The van der Waals surface area contributed by atoms with E-state index in [1.807, 2.05) is 6.07 Å². The van der Waals surface area contributed by atoms with Gasteiger partial charge in [-0.2, -0.15) is 8.42 Å². The highest BCUT2D eigenvalue weighted by molar-refractivity contribution is 7.86. The zero-order valence-corrected chi connectivity index (χ0v) is 11.4. The summed E-state index contributed by atoms with van der Waals surface area (Å²) < 4.78 is 31.4. The molecule has 0 fully saturated rings. The third kappa shape index (κ3) is 4.23. The van der Waals surface area contributed by atoms with E-state index < -0.39 is 15.4 Å². The maximum Gasteiger partial charge on any atom is 0.268 e. The van der Waals surface area contributed by atoms with Crippen LogP contribution in [-0.4, -0.2) is 24.0 Å². The van der Waals surface area contributed by atoms with E-state index in [2.05, 4.69) is 0 Å².